The lowest BCUT2D eigenvalue weighted by molar-refractivity contribution is 0.839. The van der Waals surface area contributed by atoms with Crippen LogP contribution in [0.3, 0.4) is 0 Å². The molecule has 0 bridgehead atoms. The number of hydrogen-bond acceptors (Lipinski definition) is 0. The van der Waals surface area contributed by atoms with Crippen LogP contribution in [0.4, 0.5) is 0 Å². The average Bonchev–Trinajstić information content (AvgIpc) is 2.33. The topological polar surface area (TPSA) is 0 Å². The lowest BCUT2D eigenvalue weighted by Gasteiger charge is -2.26. The molecular formula is C14H8Cl6. The summed E-state index contributed by atoms with van der Waals surface area (Å²) >= 11 is 36.4. The van der Waals surface area contributed by atoms with Gasteiger partial charge < -0.3 is 0 Å². The predicted molar refractivity (Wildman–Crippen MR) is 90.0 cm³/mol. The van der Waals surface area contributed by atoms with Crippen molar-refractivity contribution in [2.45, 2.75) is 9.71 Å². The summed E-state index contributed by atoms with van der Waals surface area (Å²) in [4.78, 5) is 0. The number of benzene rings is 2. The molecule has 0 saturated carbocycles. The molecule has 0 amide bonds. The van der Waals surface area contributed by atoms with Crippen molar-refractivity contribution in [3.63, 3.8) is 0 Å². The maximum atomic E-state index is 6.23. The van der Waals surface area contributed by atoms with Gasteiger partial charge in [-0.05, 0) is 35.4 Å². The molecule has 0 aromatic heterocycles. The van der Waals surface area contributed by atoms with Crippen LogP contribution in [0.1, 0.15) is 17.0 Å². The molecule has 20 heavy (non-hydrogen) atoms. The van der Waals surface area contributed by atoms with Crippen molar-refractivity contribution in [3.8, 4) is 0 Å². The average molecular weight is 389 g/mol. The van der Waals surface area contributed by atoms with Gasteiger partial charge in [-0.25, -0.2) is 0 Å². The molecule has 0 saturated heterocycles. The van der Waals surface area contributed by atoms with Gasteiger partial charge in [0.25, 0.3) is 0 Å². The van der Waals surface area contributed by atoms with E-state index in [1.165, 1.54) is 0 Å². The monoisotopic (exact) mass is 386 g/mol. The molecule has 6 heteroatoms. The van der Waals surface area contributed by atoms with Crippen LogP contribution in [-0.4, -0.2) is 3.79 Å². The molecule has 1 atom stereocenters. The maximum absolute atomic E-state index is 6.23. The van der Waals surface area contributed by atoms with E-state index < -0.39 is 9.71 Å². The number of hydrogen-bond donors (Lipinski definition) is 0. The van der Waals surface area contributed by atoms with Crippen molar-refractivity contribution in [1.29, 1.82) is 0 Å². The van der Waals surface area contributed by atoms with Gasteiger partial charge in [0, 0.05) is 15.1 Å². The van der Waals surface area contributed by atoms with Crippen molar-refractivity contribution in [2.75, 3.05) is 0 Å². The number of alkyl halides is 3. The highest BCUT2D eigenvalue weighted by Gasteiger charge is 2.36. The zero-order chi connectivity index (χ0) is 14.9. The van der Waals surface area contributed by atoms with Gasteiger partial charge in [0.15, 0.2) is 0 Å². The van der Waals surface area contributed by atoms with Crippen LogP contribution in [0.15, 0.2) is 42.5 Å². The van der Waals surface area contributed by atoms with Gasteiger partial charge in [-0.3, -0.25) is 0 Å². The second-order valence-electron chi connectivity index (χ2n) is 4.19. The Morgan fingerprint density at radius 2 is 1.30 bits per heavy atom. The van der Waals surface area contributed by atoms with E-state index in [1.54, 1.807) is 42.5 Å². The van der Waals surface area contributed by atoms with Crippen LogP contribution in [-0.2, 0) is 0 Å². The Kier molecular flexibility index (Phi) is 5.40. The normalized spacial score (nSPS) is 13.3. The van der Waals surface area contributed by atoms with E-state index in [0.29, 0.717) is 20.6 Å². The van der Waals surface area contributed by atoms with Crippen molar-refractivity contribution < 1.29 is 0 Å². The third-order valence-electron chi connectivity index (χ3n) is 2.80. The predicted octanol–water partition coefficient (Wildman–Crippen LogP) is 7.15. The molecule has 2 aromatic carbocycles. The Labute approximate surface area is 147 Å². The standard InChI is InChI=1S/C14H8Cl6/c15-9-3-1-8(2-4-9)13(14(18,19)20)11-6-5-10(16)7-12(11)17/h1-7,13H. The van der Waals surface area contributed by atoms with Gasteiger partial charge in [0.2, 0.25) is 3.79 Å². The fourth-order valence-electron chi connectivity index (χ4n) is 1.94. The van der Waals surface area contributed by atoms with Crippen LogP contribution in [0.5, 0.6) is 0 Å². The molecule has 0 aliphatic carbocycles. The van der Waals surface area contributed by atoms with Gasteiger partial charge in [0.1, 0.15) is 0 Å². The van der Waals surface area contributed by atoms with Gasteiger partial charge in [-0.2, -0.15) is 0 Å². The lowest BCUT2D eigenvalue weighted by Crippen LogP contribution is -2.18. The first-order chi connectivity index (χ1) is 9.29. The number of rotatable bonds is 2. The smallest absolute Gasteiger partial charge is 0.0843 e. The zero-order valence-corrected chi connectivity index (χ0v) is 14.4. The van der Waals surface area contributed by atoms with E-state index in [4.69, 9.17) is 69.6 Å². The van der Waals surface area contributed by atoms with Gasteiger partial charge in [0.05, 0.1) is 5.92 Å². The van der Waals surface area contributed by atoms with Crippen molar-refractivity contribution >= 4 is 69.6 Å². The highest BCUT2D eigenvalue weighted by atomic mass is 35.6. The summed E-state index contributed by atoms with van der Waals surface area (Å²) in [6.45, 7) is 0. The summed E-state index contributed by atoms with van der Waals surface area (Å²) in [6, 6.07) is 12.2. The third-order valence-corrected chi connectivity index (χ3v) is 4.27. The minimum Gasteiger partial charge on any atom is -0.0843 e. The third kappa shape index (κ3) is 3.88. The molecule has 0 aliphatic rings. The Hall–Kier alpha value is 0.180. The fraction of sp³-hybridized carbons (Fsp3) is 0.143. The van der Waals surface area contributed by atoms with E-state index in [9.17, 15) is 0 Å². The first-order valence-electron chi connectivity index (χ1n) is 5.56. The largest absolute Gasteiger partial charge is 0.201 e. The molecule has 2 aromatic rings. The highest BCUT2D eigenvalue weighted by Crippen LogP contribution is 2.47. The lowest BCUT2D eigenvalue weighted by atomic mass is 9.92. The zero-order valence-electron chi connectivity index (χ0n) is 9.89. The summed E-state index contributed by atoms with van der Waals surface area (Å²) in [5.41, 5.74) is 1.50. The molecule has 0 heterocycles. The first-order valence-corrected chi connectivity index (χ1v) is 7.83. The Bertz CT molecular complexity index is 600. The van der Waals surface area contributed by atoms with Crippen molar-refractivity contribution in [3.05, 3.63) is 68.7 Å². The molecule has 2 rings (SSSR count). The minimum absolute atomic E-state index is 0.448. The quantitative estimate of drug-likeness (QED) is 0.479. The van der Waals surface area contributed by atoms with Crippen molar-refractivity contribution in [1.82, 2.24) is 0 Å². The first kappa shape index (κ1) is 16.5. The van der Waals surface area contributed by atoms with E-state index >= 15 is 0 Å². The Morgan fingerprint density at radius 3 is 1.80 bits per heavy atom. The molecule has 0 nitrogen and oxygen atoms in total. The molecule has 0 fully saturated rings. The summed E-state index contributed by atoms with van der Waals surface area (Å²) in [7, 11) is 0. The van der Waals surface area contributed by atoms with Gasteiger partial charge in [-0.15, -0.1) is 0 Å². The Balaban J connectivity index is 2.56. The van der Waals surface area contributed by atoms with E-state index in [1.807, 2.05) is 0 Å². The summed E-state index contributed by atoms with van der Waals surface area (Å²) in [6.07, 6.45) is 0. The highest BCUT2D eigenvalue weighted by molar-refractivity contribution is 6.68. The molecule has 0 aliphatic heterocycles. The van der Waals surface area contributed by atoms with Crippen LogP contribution >= 0.6 is 69.6 Å². The molecule has 106 valence electrons. The molecule has 0 radical (unpaired) electrons. The summed E-state index contributed by atoms with van der Waals surface area (Å²) in [5, 5.41) is 1.58. The van der Waals surface area contributed by atoms with Gasteiger partial charge >= 0.3 is 0 Å². The molecule has 0 N–H and O–H groups in total. The van der Waals surface area contributed by atoms with Crippen LogP contribution in [0.2, 0.25) is 15.1 Å². The molecule has 1 unspecified atom stereocenters. The fourth-order valence-corrected chi connectivity index (χ4v) is 3.31. The van der Waals surface area contributed by atoms with Crippen LogP contribution in [0.25, 0.3) is 0 Å². The maximum Gasteiger partial charge on any atom is 0.201 e. The molecular weight excluding hydrogens is 381 g/mol. The minimum atomic E-state index is -1.55. The summed E-state index contributed by atoms with van der Waals surface area (Å²) in [5.74, 6) is -0.519. The van der Waals surface area contributed by atoms with E-state index in [-0.39, 0.29) is 0 Å². The second kappa shape index (κ2) is 6.52. The van der Waals surface area contributed by atoms with Gasteiger partial charge in [-0.1, -0.05) is 87.8 Å². The van der Waals surface area contributed by atoms with E-state index in [0.717, 1.165) is 5.56 Å². The van der Waals surface area contributed by atoms with Crippen molar-refractivity contribution in [2.24, 2.45) is 0 Å². The Morgan fingerprint density at radius 1 is 0.750 bits per heavy atom. The van der Waals surface area contributed by atoms with Crippen LogP contribution < -0.4 is 0 Å². The second-order valence-corrected chi connectivity index (χ2v) is 7.84. The number of halogens is 6. The summed E-state index contributed by atoms with van der Waals surface area (Å²) < 4.78 is -1.55. The molecule has 0 spiro atoms. The van der Waals surface area contributed by atoms with Crippen LogP contribution in [0, 0.1) is 0 Å². The van der Waals surface area contributed by atoms with E-state index in [2.05, 4.69) is 0 Å². The SMILES string of the molecule is Clc1ccc(C(c2ccc(Cl)cc2Cl)C(Cl)(Cl)Cl)cc1.